The predicted octanol–water partition coefficient (Wildman–Crippen LogP) is 1.73. The fourth-order valence-electron chi connectivity index (χ4n) is 3.02. The summed E-state index contributed by atoms with van der Waals surface area (Å²) in [6, 6.07) is 6.20. The van der Waals surface area contributed by atoms with Crippen LogP contribution in [0.3, 0.4) is 0 Å². The second-order valence-corrected chi connectivity index (χ2v) is 6.35. The first-order valence-corrected chi connectivity index (χ1v) is 8.40. The number of hydrogen-bond acceptors (Lipinski definition) is 8. The van der Waals surface area contributed by atoms with E-state index in [2.05, 4.69) is 0 Å². The zero-order valence-electron chi connectivity index (χ0n) is 14.5. The zero-order chi connectivity index (χ0) is 19.8. The number of phenols is 3. The highest BCUT2D eigenvalue weighted by Gasteiger charge is 2.49. The monoisotopic (exact) mass is 376 g/mol. The first kappa shape index (κ1) is 18.8. The van der Waals surface area contributed by atoms with E-state index in [1.807, 2.05) is 6.92 Å². The maximum atomic E-state index is 12.1. The Kier molecular flexibility index (Phi) is 4.86. The van der Waals surface area contributed by atoms with Gasteiger partial charge < -0.3 is 35.0 Å². The number of benzene rings is 2. The second kappa shape index (κ2) is 6.98. The average molecular weight is 376 g/mol. The summed E-state index contributed by atoms with van der Waals surface area (Å²) in [6.07, 6.45) is -0.353. The number of carbonyl (C=O) groups excluding carboxylic acids is 1. The number of rotatable bonds is 5. The van der Waals surface area contributed by atoms with Crippen LogP contribution >= 0.6 is 0 Å². The summed E-state index contributed by atoms with van der Waals surface area (Å²) in [5, 5.41) is 49.9. The summed E-state index contributed by atoms with van der Waals surface area (Å²) >= 11 is 0. The van der Waals surface area contributed by atoms with Gasteiger partial charge in [0.1, 0.15) is 11.5 Å². The molecule has 2 aromatic rings. The average Bonchev–Trinajstić information content (AvgIpc) is 2.89. The van der Waals surface area contributed by atoms with E-state index in [-0.39, 0.29) is 22.6 Å². The minimum atomic E-state index is -2.22. The maximum Gasteiger partial charge on any atom is 0.338 e. The molecule has 3 rings (SSSR count). The molecule has 0 radical (unpaired) electrons. The lowest BCUT2D eigenvalue weighted by atomic mass is 9.95. The van der Waals surface area contributed by atoms with Gasteiger partial charge in [0.2, 0.25) is 0 Å². The van der Waals surface area contributed by atoms with Gasteiger partial charge in [-0.2, -0.15) is 0 Å². The molecule has 0 aromatic heterocycles. The van der Waals surface area contributed by atoms with Crippen molar-refractivity contribution < 1.29 is 39.8 Å². The smallest absolute Gasteiger partial charge is 0.338 e. The van der Waals surface area contributed by atoms with Gasteiger partial charge in [0.25, 0.3) is 5.79 Å². The normalized spacial score (nSPS) is 20.8. The van der Waals surface area contributed by atoms with Gasteiger partial charge in [-0.3, -0.25) is 0 Å². The van der Waals surface area contributed by atoms with Gasteiger partial charge in [0.15, 0.2) is 24.2 Å². The minimum Gasteiger partial charge on any atom is -0.508 e. The molecule has 0 spiro atoms. The third-order valence-corrected chi connectivity index (χ3v) is 4.40. The van der Waals surface area contributed by atoms with Gasteiger partial charge in [0.05, 0.1) is 5.56 Å². The van der Waals surface area contributed by atoms with Crippen LogP contribution in [0, 0.1) is 0 Å². The molecule has 8 nitrogen and oxygen atoms in total. The van der Waals surface area contributed by atoms with Crippen LogP contribution in [0.4, 0.5) is 0 Å². The molecule has 0 aliphatic carbocycles. The van der Waals surface area contributed by atoms with Crippen molar-refractivity contribution in [2.75, 3.05) is 6.61 Å². The zero-order valence-corrected chi connectivity index (χ0v) is 14.5. The minimum absolute atomic E-state index is 0.0148. The summed E-state index contributed by atoms with van der Waals surface area (Å²) in [5.41, 5.74) is 0.675. The number of carbonyl (C=O) groups is 1. The lowest BCUT2D eigenvalue weighted by molar-refractivity contribution is -0.211. The maximum absolute atomic E-state index is 12.1. The molecule has 1 aliphatic rings. The second-order valence-electron chi connectivity index (χ2n) is 6.35. The molecule has 2 aromatic carbocycles. The third-order valence-electron chi connectivity index (χ3n) is 4.40. The number of hydrogen-bond donors (Lipinski definition) is 5. The number of phenolic OH excluding ortho intramolecular Hbond substituents is 3. The first-order chi connectivity index (χ1) is 12.8. The molecule has 2 unspecified atom stereocenters. The summed E-state index contributed by atoms with van der Waals surface area (Å²) in [5.74, 6) is -3.80. The Morgan fingerprint density at radius 3 is 2.52 bits per heavy atom. The van der Waals surface area contributed by atoms with Gasteiger partial charge in [0, 0.05) is 11.1 Å². The highest BCUT2D eigenvalue weighted by Crippen LogP contribution is 2.46. The van der Waals surface area contributed by atoms with Crippen LogP contribution in [0.2, 0.25) is 0 Å². The molecule has 0 amide bonds. The van der Waals surface area contributed by atoms with Crippen LogP contribution in [-0.2, 0) is 11.2 Å². The Labute approximate surface area is 154 Å². The van der Waals surface area contributed by atoms with Crippen molar-refractivity contribution >= 4 is 5.97 Å². The van der Waals surface area contributed by atoms with E-state index in [0.29, 0.717) is 18.4 Å². The molecule has 5 N–H and O–H groups in total. The Morgan fingerprint density at radius 1 is 1.15 bits per heavy atom. The van der Waals surface area contributed by atoms with Crippen LogP contribution in [0.25, 0.3) is 0 Å². The standard InChI is InChI=1S/C19H20O8/c1-2-3-11-12(20)6-7-15-16(11)17(23)19(25,27-15)9-26-18(24)10-4-5-13(21)14(22)8-10/h4-8,17,20-23,25H,2-3,9H2,1H3. The van der Waals surface area contributed by atoms with Crippen LogP contribution in [-0.4, -0.2) is 43.9 Å². The van der Waals surface area contributed by atoms with Crippen molar-refractivity contribution in [2.45, 2.75) is 31.7 Å². The highest BCUT2D eigenvalue weighted by molar-refractivity contribution is 5.90. The quantitative estimate of drug-likeness (QED) is 0.393. The molecule has 1 aliphatic heterocycles. The lowest BCUT2D eigenvalue weighted by Gasteiger charge is -2.25. The number of ether oxygens (including phenoxy) is 2. The van der Waals surface area contributed by atoms with Crippen molar-refractivity contribution in [3.63, 3.8) is 0 Å². The fraction of sp³-hybridized carbons (Fsp3) is 0.316. The van der Waals surface area contributed by atoms with Gasteiger partial charge in [-0.25, -0.2) is 4.79 Å². The summed E-state index contributed by atoms with van der Waals surface area (Å²) < 4.78 is 10.4. The Bertz CT molecular complexity index is 878. The number of esters is 1. The van der Waals surface area contributed by atoms with Gasteiger partial charge >= 0.3 is 5.97 Å². The summed E-state index contributed by atoms with van der Waals surface area (Å²) in [7, 11) is 0. The lowest BCUT2D eigenvalue weighted by Crippen LogP contribution is -2.43. The van der Waals surface area contributed by atoms with E-state index in [9.17, 15) is 30.3 Å². The molecule has 27 heavy (non-hydrogen) atoms. The van der Waals surface area contributed by atoms with Crippen molar-refractivity contribution in [1.82, 2.24) is 0 Å². The van der Waals surface area contributed by atoms with Crippen LogP contribution in [0.1, 0.15) is 40.9 Å². The number of aliphatic hydroxyl groups is 2. The van der Waals surface area contributed by atoms with E-state index in [4.69, 9.17) is 9.47 Å². The molecule has 0 bridgehead atoms. The van der Waals surface area contributed by atoms with E-state index in [1.165, 1.54) is 18.2 Å². The van der Waals surface area contributed by atoms with E-state index in [0.717, 1.165) is 12.1 Å². The van der Waals surface area contributed by atoms with Crippen LogP contribution in [0.15, 0.2) is 30.3 Å². The van der Waals surface area contributed by atoms with Gasteiger partial charge in [-0.1, -0.05) is 13.3 Å². The number of aromatic hydroxyl groups is 3. The Hall–Kier alpha value is -2.97. The predicted molar refractivity (Wildman–Crippen MR) is 92.7 cm³/mol. The third kappa shape index (κ3) is 3.36. The summed E-state index contributed by atoms with van der Waals surface area (Å²) in [6.45, 7) is 1.22. The largest absolute Gasteiger partial charge is 0.508 e. The Balaban J connectivity index is 1.78. The topological polar surface area (TPSA) is 137 Å². The fourth-order valence-corrected chi connectivity index (χ4v) is 3.02. The molecule has 144 valence electrons. The van der Waals surface area contributed by atoms with Crippen molar-refractivity contribution in [3.05, 3.63) is 47.0 Å². The van der Waals surface area contributed by atoms with Crippen molar-refractivity contribution in [1.29, 1.82) is 0 Å². The highest BCUT2D eigenvalue weighted by atomic mass is 16.7. The van der Waals surface area contributed by atoms with Crippen molar-refractivity contribution in [3.8, 4) is 23.0 Å². The molecular formula is C19H20O8. The first-order valence-electron chi connectivity index (χ1n) is 8.40. The SMILES string of the molecule is CCCc1c(O)ccc2c1C(O)C(O)(COC(=O)c1ccc(O)c(O)c1)O2. The molecular weight excluding hydrogens is 356 g/mol. The van der Waals surface area contributed by atoms with Crippen molar-refractivity contribution in [2.24, 2.45) is 0 Å². The van der Waals surface area contributed by atoms with Crippen LogP contribution < -0.4 is 4.74 Å². The van der Waals surface area contributed by atoms with E-state index < -0.39 is 36.0 Å². The van der Waals surface area contributed by atoms with Gasteiger partial charge in [-0.15, -0.1) is 0 Å². The van der Waals surface area contributed by atoms with E-state index >= 15 is 0 Å². The number of aliphatic hydroxyl groups excluding tert-OH is 1. The number of fused-ring (bicyclic) bond motifs is 1. The molecule has 1 heterocycles. The Morgan fingerprint density at radius 2 is 1.85 bits per heavy atom. The molecule has 2 atom stereocenters. The molecule has 8 heteroatoms. The molecule has 0 saturated carbocycles. The molecule has 0 saturated heterocycles. The van der Waals surface area contributed by atoms with E-state index in [1.54, 1.807) is 0 Å². The van der Waals surface area contributed by atoms with Crippen LogP contribution in [0.5, 0.6) is 23.0 Å². The summed E-state index contributed by atoms with van der Waals surface area (Å²) in [4.78, 5) is 12.1. The van der Waals surface area contributed by atoms with Gasteiger partial charge in [-0.05, 0) is 36.8 Å². The molecule has 0 fully saturated rings.